The van der Waals surface area contributed by atoms with Gasteiger partial charge in [-0.1, -0.05) is 0 Å². The van der Waals surface area contributed by atoms with E-state index in [1.54, 1.807) is 4.90 Å². The molecule has 2 amide bonds. The molecule has 1 aromatic rings. The molecule has 0 saturated carbocycles. The Balaban J connectivity index is 0.00000288. The molecule has 1 atom stereocenters. The molecular formula is C15H20ClFN4O3. The van der Waals surface area contributed by atoms with Gasteiger partial charge in [-0.2, -0.15) is 0 Å². The number of nitrogens with zero attached hydrogens (tertiary/aromatic N) is 2. The molecule has 1 saturated heterocycles. The molecule has 0 unspecified atom stereocenters. The summed E-state index contributed by atoms with van der Waals surface area (Å²) in [5, 5.41) is 11.4. The molecule has 0 aromatic carbocycles. The molecule has 1 aromatic heterocycles. The van der Waals surface area contributed by atoms with Gasteiger partial charge in [-0.15, -0.1) is 12.4 Å². The smallest absolute Gasteiger partial charge is 0.267 e. The first-order valence-corrected chi connectivity index (χ1v) is 7.29. The summed E-state index contributed by atoms with van der Waals surface area (Å²) in [5.41, 5.74) is 1.84. The molecule has 132 valence electrons. The second-order valence-corrected chi connectivity index (χ2v) is 5.36. The van der Waals surface area contributed by atoms with Crippen LogP contribution in [0.5, 0.6) is 0 Å². The first-order valence-electron chi connectivity index (χ1n) is 7.29. The van der Waals surface area contributed by atoms with Crippen molar-refractivity contribution < 1.29 is 19.2 Å². The number of aromatic nitrogens is 1. The number of anilines is 1. The Morgan fingerprint density at radius 2 is 2.25 bits per heavy atom. The SMILES string of the molecule is CC(=O)N1CCC[C@@H](Nc2ncc(/C=C/C(=O)NO)cc2F)C1.Cl. The lowest BCUT2D eigenvalue weighted by molar-refractivity contribution is -0.129. The fraction of sp³-hybridized carbons (Fsp3) is 0.400. The average molecular weight is 359 g/mol. The highest BCUT2D eigenvalue weighted by atomic mass is 35.5. The van der Waals surface area contributed by atoms with Crippen molar-refractivity contribution in [1.82, 2.24) is 15.4 Å². The Hall–Kier alpha value is -2.19. The summed E-state index contributed by atoms with van der Waals surface area (Å²) in [7, 11) is 0. The number of nitrogens with one attached hydrogen (secondary N) is 2. The summed E-state index contributed by atoms with van der Waals surface area (Å²) in [6.07, 6.45) is 5.51. The molecule has 2 rings (SSSR count). The number of likely N-dealkylation sites (tertiary alicyclic amines) is 1. The third-order valence-electron chi connectivity index (χ3n) is 3.61. The maximum atomic E-state index is 14.1. The van der Waals surface area contributed by atoms with Crippen LogP contribution >= 0.6 is 12.4 Å². The Morgan fingerprint density at radius 1 is 1.50 bits per heavy atom. The molecule has 7 nitrogen and oxygen atoms in total. The van der Waals surface area contributed by atoms with Crippen LogP contribution in [0.25, 0.3) is 6.08 Å². The number of carbonyl (C=O) groups is 2. The van der Waals surface area contributed by atoms with E-state index < -0.39 is 11.7 Å². The summed E-state index contributed by atoms with van der Waals surface area (Å²) >= 11 is 0. The monoisotopic (exact) mass is 358 g/mol. The summed E-state index contributed by atoms with van der Waals surface area (Å²) in [6.45, 7) is 2.76. The highest BCUT2D eigenvalue weighted by Crippen LogP contribution is 2.18. The molecule has 0 bridgehead atoms. The fourth-order valence-electron chi connectivity index (χ4n) is 2.43. The van der Waals surface area contributed by atoms with E-state index in [0.29, 0.717) is 12.1 Å². The maximum Gasteiger partial charge on any atom is 0.267 e. The Kier molecular flexibility index (Phi) is 7.60. The Labute approximate surface area is 145 Å². The van der Waals surface area contributed by atoms with Crippen LogP contribution < -0.4 is 10.8 Å². The minimum Gasteiger partial charge on any atom is -0.363 e. The van der Waals surface area contributed by atoms with Crippen molar-refractivity contribution in [3.8, 4) is 0 Å². The van der Waals surface area contributed by atoms with Crippen molar-refractivity contribution in [3.63, 3.8) is 0 Å². The standard InChI is InChI=1S/C15H19FN4O3.ClH/c1-10(21)20-6-2-3-12(9-20)18-15-13(16)7-11(8-17-15)4-5-14(22)19-23;/h4-5,7-8,12,23H,2-3,6,9H2,1H3,(H,17,18)(H,19,22);1H/b5-4+;/t12-;/m1./s1. The van der Waals surface area contributed by atoms with Gasteiger partial charge in [0.1, 0.15) is 0 Å². The summed E-state index contributed by atoms with van der Waals surface area (Å²) in [5.74, 6) is -1.13. The van der Waals surface area contributed by atoms with Gasteiger partial charge in [-0.25, -0.2) is 14.9 Å². The van der Waals surface area contributed by atoms with E-state index >= 15 is 0 Å². The number of piperidine rings is 1. The minimum atomic E-state index is -0.709. The molecule has 24 heavy (non-hydrogen) atoms. The third-order valence-corrected chi connectivity index (χ3v) is 3.61. The second kappa shape index (κ2) is 9.19. The summed E-state index contributed by atoms with van der Waals surface area (Å²) < 4.78 is 14.1. The van der Waals surface area contributed by atoms with Crippen LogP contribution in [0.2, 0.25) is 0 Å². The number of rotatable bonds is 4. The number of amides is 2. The van der Waals surface area contributed by atoms with E-state index in [0.717, 1.165) is 25.5 Å². The highest BCUT2D eigenvalue weighted by Gasteiger charge is 2.22. The summed E-state index contributed by atoms with van der Waals surface area (Å²) in [4.78, 5) is 28.0. The molecule has 2 heterocycles. The first-order chi connectivity index (χ1) is 11.0. The van der Waals surface area contributed by atoms with Gasteiger partial charge in [-0.05, 0) is 30.5 Å². The largest absolute Gasteiger partial charge is 0.363 e. The van der Waals surface area contributed by atoms with Gasteiger partial charge < -0.3 is 10.2 Å². The van der Waals surface area contributed by atoms with Gasteiger partial charge in [-0.3, -0.25) is 14.8 Å². The van der Waals surface area contributed by atoms with Crippen LogP contribution in [0.15, 0.2) is 18.3 Å². The number of hydroxylamine groups is 1. The van der Waals surface area contributed by atoms with Crippen molar-refractivity contribution in [1.29, 1.82) is 0 Å². The number of pyridine rings is 1. The van der Waals surface area contributed by atoms with Crippen LogP contribution in [0.4, 0.5) is 10.2 Å². The van der Waals surface area contributed by atoms with E-state index in [2.05, 4.69) is 10.3 Å². The molecule has 1 fully saturated rings. The molecule has 1 aliphatic rings. The molecular weight excluding hydrogens is 339 g/mol. The molecule has 3 N–H and O–H groups in total. The normalized spacial score (nSPS) is 17.3. The Morgan fingerprint density at radius 3 is 2.88 bits per heavy atom. The van der Waals surface area contributed by atoms with Gasteiger partial charge in [0.25, 0.3) is 5.91 Å². The summed E-state index contributed by atoms with van der Waals surface area (Å²) in [6, 6.07) is 1.19. The lowest BCUT2D eigenvalue weighted by atomic mass is 10.1. The van der Waals surface area contributed by atoms with E-state index in [-0.39, 0.29) is 30.2 Å². The maximum absolute atomic E-state index is 14.1. The highest BCUT2D eigenvalue weighted by molar-refractivity contribution is 5.90. The van der Waals surface area contributed by atoms with Crippen molar-refractivity contribution in [2.24, 2.45) is 0 Å². The van der Waals surface area contributed by atoms with E-state index in [9.17, 15) is 14.0 Å². The van der Waals surface area contributed by atoms with Crippen LogP contribution in [-0.2, 0) is 9.59 Å². The van der Waals surface area contributed by atoms with E-state index in [1.165, 1.54) is 30.7 Å². The predicted octanol–water partition coefficient (Wildman–Crippen LogP) is 1.58. The molecule has 0 spiro atoms. The van der Waals surface area contributed by atoms with Crippen molar-refractivity contribution in [2.45, 2.75) is 25.8 Å². The van der Waals surface area contributed by atoms with Crippen molar-refractivity contribution in [3.05, 3.63) is 29.7 Å². The number of halogens is 2. The zero-order valence-corrected chi connectivity index (χ0v) is 14.0. The van der Waals surface area contributed by atoms with Gasteiger partial charge >= 0.3 is 0 Å². The molecule has 0 aliphatic carbocycles. The third kappa shape index (κ3) is 5.47. The number of carbonyl (C=O) groups excluding carboxylic acids is 2. The van der Waals surface area contributed by atoms with Crippen LogP contribution in [-0.4, -0.2) is 46.0 Å². The van der Waals surface area contributed by atoms with Crippen molar-refractivity contribution >= 4 is 36.1 Å². The van der Waals surface area contributed by atoms with Gasteiger partial charge in [0, 0.05) is 38.3 Å². The lowest BCUT2D eigenvalue weighted by Gasteiger charge is -2.32. The van der Waals surface area contributed by atoms with Gasteiger partial charge in [0.05, 0.1) is 0 Å². The van der Waals surface area contributed by atoms with Crippen LogP contribution in [0, 0.1) is 5.82 Å². The number of hydrogen-bond acceptors (Lipinski definition) is 5. The fourth-order valence-corrected chi connectivity index (χ4v) is 2.43. The zero-order chi connectivity index (χ0) is 16.8. The van der Waals surface area contributed by atoms with Crippen molar-refractivity contribution in [2.75, 3.05) is 18.4 Å². The lowest BCUT2D eigenvalue weighted by Crippen LogP contribution is -2.44. The first kappa shape index (κ1) is 19.9. The van der Waals surface area contributed by atoms with E-state index in [1.807, 2.05) is 0 Å². The van der Waals surface area contributed by atoms with Gasteiger partial charge in [0.2, 0.25) is 5.91 Å². The second-order valence-electron chi connectivity index (χ2n) is 5.36. The molecule has 9 heteroatoms. The van der Waals surface area contributed by atoms with Crippen LogP contribution in [0.3, 0.4) is 0 Å². The van der Waals surface area contributed by atoms with E-state index in [4.69, 9.17) is 5.21 Å². The minimum absolute atomic E-state index is 0. The van der Waals surface area contributed by atoms with Crippen LogP contribution in [0.1, 0.15) is 25.3 Å². The number of hydrogen-bond donors (Lipinski definition) is 3. The quantitative estimate of drug-likeness (QED) is 0.431. The average Bonchev–Trinajstić information content (AvgIpc) is 2.55. The predicted molar refractivity (Wildman–Crippen MR) is 89.3 cm³/mol. The Bertz CT molecular complexity index is 627. The molecule has 0 radical (unpaired) electrons. The zero-order valence-electron chi connectivity index (χ0n) is 13.2. The van der Waals surface area contributed by atoms with Gasteiger partial charge in [0.15, 0.2) is 11.6 Å². The molecule has 1 aliphatic heterocycles. The topological polar surface area (TPSA) is 94.6 Å².